The molecule has 0 bridgehead atoms. The molecule has 6 nitrogen and oxygen atoms in total. The van der Waals surface area contributed by atoms with Crippen molar-refractivity contribution < 1.29 is 30.0 Å². The molecular formula is C26H52O6. The average molecular weight is 461 g/mol. The number of ether oxygens (including phenoxy) is 1. The van der Waals surface area contributed by atoms with Crippen molar-refractivity contribution in [3.63, 3.8) is 0 Å². The number of unbranched alkanes of at least 4 members (excludes halogenated alkanes) is 11. The van der Waals surface area contributed by atoms with Crippen LogP contribution in [-0.2, 0) is 9.53 Å². The van der Waals surface area contributed by atoms with E-state index < -0.39 is 6.10 Å². The van der Waals surface area contributed by atoms with Gasteiger partial charge >= 0.3 is 5.97 Å². The largest absolute Gasteiger partial charge is 0.463 e. The van der Waals surface area contributed by atoms with Crippen molar-refractivity contribution in [3.05, 3.63) is 24.8 Å². The molecule has 0 aliphatic carbocycles. The van der Waals surface area contributed by atoms with Crippen LogP contribution in [0.1, 0.15) is 104 Å². The summed E-state index contributed by atoms with van der Waals surface area (Å²) >= 11 is 0. The van der Waals surface area contributed by atoms with E-state index in [1.54, 1.807) is 6.08 Å². The third-order valence-corrected chi connectivity index (χ3v) is 4.39. The summed E-state index contributed by atoms with van der Waals surface area (Å²) in [5.41, 5.74) is 0. The first-order valence-electron chi connectivity index (χ1n) is 12.4. The summed E-state index contributed by atoms with van der Waals surface area (Å²) in [6, 6.07) is 0. The van der Waals surface area contributed by atoms with Crippen molar-refractivity contribution >= 4 is 5.97 Å². The quantitative estimate of drug-likeness (QED) is 0.122. The molecule has 32 heavy (non-hydrogen) atoms. The summed E-state index contributed by atoms with van der Waals surface area (Å²) in [6.45, 7) is 6.77. The predicted molar refractivity (Wildman–Crippen MR) is 134 cm³/mol. The van der Waals surface area contributed by atoms with E-state index in [1.165, 1.54) is 57.8 Å². The molecule has 0 amide bonds. The van der Waals surface area contributed by atoms with Crippen LogP contribution in [0.5, 0.6) is 0 Å². The van der Waals surface area contributed by atoms with Crippen LogP contribution < -0.4 is 0 Å². The first-order chi connectivity index (χ1) is 15.5. The summed E-state index contributed by atoms with van der Waals surface area (Å²) in [5, 5.41) is 32.9. The fourth-order valence-corrected chi connectivity index (χ4v) is 2.65. The number of rotatable bonds is 19. The van der Waals surface area contributed by atoms with Crippen molar-refractivity contribution in [1.29, 1.82) is 0 Å². The summed E-state index contributed by atoms with van der Waals surface area (Å²) in [5.74, 6) is -0.287. The van der Waals surface area contributed by atoms with Gasteiger partial charge in [-0.05, 0) is 39.0 Å². The molecule has 0 aromatic rings. The SMILES string of the molecule is C=CC.CCCCCCCC/C=C\CCCCCCCC(=O)OCC(O)CO.OCCO. The highest BCUT2D eigenvalue weighted by Crippen LogP contribution is 2.10. The predicted octanol–water partition coefficient (Wildman–Crippen LogP) is 5.08. The number of hydrogen-bond acceptors (Lipinski definition) is 6. The van der Waals surface area contributed by atoms with Gasteiger partial charge < -0.3 is 25.2 Å². The lowest BCUT2D eigenvalue weighted by Gasteiger charge is -2.08. The summed E-state index contributed by atoms with van der Waals surface area (Å²) in [6.07, 6.45) is 21.8. The van der Waals surface area contributed by atoms with E-state index in [0.717, 1.165) is 25.7 Å². The third kappa shape index (κ3) is 39.3. The smallest absolute Gasteiger partial charge is 0.305 e. The molecule has 0 fully saturated rings. The molecule has 1 unspecified atom stereocenters. The number of hydrogen-bond donors (Lipinski definition) is 4. The molecule has 1 atom stereocenters. The average Bonchev–Trinajstić information content (AvgIpc) is 2.80. The Hall–Kier alpha value is -1.21. The van der Waals surface area contributed by atoms with E-state index in [0.29, 0.717) is 6.42 Å². The van der Waals surface area contributed by atoms with Gasteiger partial charge in [0.05, 0.1) is 19.8 Å². The molecule has 0 aromatic carbocycles. The van der Waals surface area contributed by atoms with E-state index in [1.807, 2.05) is 6.92 Å². The van der Waals surface area contributed by atoms with Crippen molar-refractivity contribution in [1.82, 2.24) is 0 Å². The number of allylic oxidation sites excluding steroid dienone is 3. The van der Waals surface area contributed by atoms with Gasteiger partial charge in [-0.3, -0.25) is 4.79 Å². The number of aliphatic hydroxyl groups is 4. The molecular weight excluding hydrogens is 408 g/mol. The van der Waals surface area contributed by atoms with Gasteiger partial charge in [0.1, 0.15) is 12.7 Å². The molecule has 6 heteroatoms. The van der Waals surface area contributed by atoms with Gasteiger partial charge in [-0.2, -0.15) is 0 Å². The highest BCUT2D eigenvalue weighted by atomic mass is 16.5. The van der Waals surface area contributed by atoms with E-state index in [-0.39, 0.29) is 32.4 Å². The lowest BCUT2D eigenvalue weighted by Crippen LogP contribution is -2.21. The maximum Gasteiger partial charge on any atom is 0.305 e. The number of carbonyl (C=O) groups excluding carboxylic acids is 1. The summed E-state index contributed by atoms with van der Waals surface area (Å²) in [7, 11) is 0. The standard InChI is InChI=1S/C21H40O4.C3H6.C2H6O2/c1-2-3-4-5-6-7-8-9-10-11-12-13-14-15-16-17-21(24)25-19-20(23)18-22;1-3-2;3-1-2-4/h9-10,20,22-23H,2-8,11-19H2,1H3;3H,1H2,2H3;3-4H,1-2H2/b10-9-;;. The zero-order valence-electron chi connectivity index (χ0n) is 20.8. The van der Waals surface area contributed by atoms with Crippen LogP contribution in [0.15, 0.2) is 24.8 Å². The van der Waals surface area contributed by atoms with Gasteiger partial charge in [0, 0.05) is 6.42 Å². The molecule has 0 aliphatic heterocycles. The number of carbonyl (C=O) groups is 1. The minimum Gasteiger partial charge on any atom is -0.463 e. The molecule has 0 aliphatic rings. The van der Waals surface area contributed by atoms with Crippen LogP contribution in [0, 0.1) is 0 Å². The highest BCUT2D eigenvalue weighted by Gasteiger charge is 2.07. The monoisotopic (exact) mass is 460 g/mol. The molecule has 4 N–H and O–H groups in total. The Kier molecular flexibility index (Phi) is 38.0. The minimum absolute atomic E-state index is 0.111. The van der Waals surface area contributed by atoms with Gasteiger partial charge in [0.15, 0.2) is 0 Å². The maximum atomic E-state index is 11.4. The molecule has 0 aromatic heterocycles. The molecule has 0 spiro atoms. The van der Waals surface area contributed by atoms with Crippen molar-refractivity contribution in [2.45, 2.75) is 110 Å². The second kappa shape index (κ2) is 34.4. The maximum absolute atomic E-state index is 11.4. The van der Waals surface area contributed by atoms with Gasteiger partial charge in [0.2, 0.25) is 0 Å². The first kappa shape index (κ1) is 35.4. The minimum atomic E-state index is -0.960. The van der Waals surface area contributed by atoms with E-state index >= 15 is 0 Å². The Morgan fingerprint density at radius 2 is 1.28 bits per heavy atom. The van der Waals surface area contributed by atoms with Crippen molar-refractivity contribution in [2.75, 3.05) is 26.4 Å². The third-order valence-electron chi connectivity index (χ3n) is 4.39. The molecule has 0 heterocycles. The zero-order valence-corrected chi connectivity index (χ0v) is 20.8. The van der Waals surface area contributed by atoms with Crippen LogP contribution in [0.3, 0.4) is 0 Å². The lowest BCUT2D eigenvalue weighted by molar-refractivity contribution is -0.147. The molecule has 0 saturated carbocycles. The van der Waals surface area contributed by atoms with Gasteiger partial charge in [-0.25, -0.2) is 0 Å². The van der Waals surface area contributed by atoms with Crippen LogP contribution in [0.2, 0.25) is 0 Å². The van der Waals surface area contributed by atoms with Gasteiger partial charge in [-0.15, -0.1) is 6.58 Å². The number of aliphatic hydroxyl groups excluding tert-OH is 4. The van der Waals surface area contributed by atoms with Gasteiger partial charge in [-0.1, -0.05) is 76.5 Å². The Bertz CT molecular complexity index is 383. The van der Waals surface area contributed by atoms with Crippen molar-refractivity contribution in [2.24, 2.45) is 0 Å². The fourth-order valence-electron chi connectivity index (χ4n) is 2.65. The van der Waals surface area contributed by atoms with E-state index in [4.69, 9.17) is 25.2 Å². The Balaban J connectivity index is -0.00000105. The summed E-state index contributed by atoms with van der Waals surface area (Å²) in [4.78, 5) is 11.4. The fraction of sp³-hybridized carbons (Fsp3) is 0.808. The molecule has 0 radical (unpaired) electrons. The Morgan fingerprint density at radius 1 is 0.844 bits per heavy atom. The molecule has 0 saturated heterocycles. The van der Waals surface area contributed by atoms with Crippen LogP contribution >= 0.6 is 0 Å². The van der Waals surface area contributed by atoms with Crippen molar-refractivity contribution in [3.8, 4) is 0 Å². The van der Waals surface area contributed by atoms with Crippen LogP contribution in [0.4, 0.5) is 0 Å². The van der Waals surface area contributed by atoms with Crippen LogP contribution in [-0.4, -0.2) is 58.9 Å². The molecule has 0 rings (SSSR count). The second-order valence-corrected chi connectivity index (χ2v) is 7.71. The van der Waals surface area contributed by atoms with Crippen LogP contribution in [0.25, 0.3) is 0 Å². The number of esters is 1. The topological polar surface area (TPSA) is 107 Å². The van der Waals surface area contributed by atoms with E-state index in [9.17, 15) is 4.79 Å². The first-order valence-corrected chi connectivity index (χ1v) is 12.4. The molecule has 192 valence electrons. The Morgan fingerprint density at radius 3 is 1.72 bits per heavy atom. The van der Waals surface area contributed by atoms with E-state index in [2.05, 4.69) is 25.7 Å². The summed E-state index contributed by atoms with van der Waals surface area (Å²) < 4.78 is 4.86. The van der Waals surface area contributed by atoms with Gasteiger partial charge in [0.25, 0.3) is 0 Å². The zero-order chi connectivity index (χ0) is 24.7. The Labute approximate surface area is 197 Å². The highest BCUT2D eigenvalue weighted by molar-refractivity contribution is 5.69. The lowest BCUT2D eigenvalue weighted by atomic mass is 10.1. The normalized spacial score (nSPS) is 11.2. The second-order valence-electron chi connectivity index (χ2n) is 7.71.